The molecule has 0 aromatic rings. The lowest BCUT2D eigenvalue weighted by Crippen LogP contribution is -2.41. The third-order valence-electron chi connectivity index (χ3n) is 2.52. The zero-order valence-electron chi connectivity index (χ0n) is 8.84. The number of hydrogen-bond acceptors (Lipinski definition) is 2. The molecule has 0 aromatic heterocycles. The van der Waals surface area contributed by atoms with Crippen LogP contribution < -0.4 is 5.32 Å². The average Bonchev–Trinajstić information content (AvgIpc) is 2.04. The first kappa shape index (κ1) is 10.5. The molecule has 0 bridgehead atoms. The van der Waals surface area contributed by atoms with Crippen molar-refractivity contribution in [1.82, 2.24) is 10.2 Å². The van der Waals surface area contributed by atoms with Gasteiger partial charge in [0.25, 0.3) is 0 Å². The summed E-state index contributed by atoms with van der Waals surface area (Å²) >= 11 is 0. The molecule has 1 N–H and O–H groups in total. The van der Waals surface area contributed by atoms with Crippen LogP contribution in [0.4, 0.5) is 0 Å². The fourth-order valence-corrected chi connectivity index (χ4v) is 1.67. The number of carbonyl (C=O) groups excluding carboxylic acids is 1. The number of amides is 1. The van der Waals surface area contributed by atoms with Gasteiger partial charge >= 0.3 is 0 Å². The Morgan fingerprint density at radius 3 is 2.46 bits per heavy atom. The van der Waals surface area contributed by atoms with Crippen molar-refractivity contribution in [1.29, 1.82) is 0 Å². The Morgan fingerprint density at radius 2 is 2.00 bits per heavy atom. The normalized spacial score (nSPS) is 20.6. The molecule has 78 valence electrons. The van der Waals surface area contributed by atoms with Crippen LogP contribution in [-0.4, -0.2) is 37.0 Å². The van der Waals surface area contributed by atoms with Crippen molar-refractivity contribution < 1.29 is 6.22 Å². The van der Waals surface area contributed by atoms with E-state index in [4.69, 9.17) is 0 Å². The van der Waals surface area contributed by atoms with E-state index in [1.54, 1.807) is 0 Å². The molecular weight excluding hydrogens is 164 g/mol. The summed E-state index contributed by atoms with van der Waals surface area (Å²) < 4.78 is 0. The van der Waals surface area contributed by atoms with Gasteiger partial charge in [-0.2, -0.15) is 0 Å². The van der Waals surface area contributed by atoms with Gasteiger partial charge in [-0.3, -0.25) is 4.79 Å². The van der Waals surface area contributed by atoms with Gasteiger partial charge in [0.05, 0.1) is 0 Å². The summed E-state index contributed by atoms with van der Waals surface area (Å²) in [6, 6.07) is 0.271. The number of nitrogens with one attached hydrogen (secondary N) is 1. The molecule has 1 fully saturated rings. The van der Waals surface area contributed by atoms with Gasteiger partial charge in [0.1, 0.15) is 0 Å². The van der Waals surface area contributed by atoms with Crippen molar-refractivity contribution in [2.45, 2.75) is 32.7 Å². The summed E-state index contributed by atoms with van der Waals surface area (Å²) in [7, 11) is 2.11. The zero-order chi connectivity index (χ0) is 9.84. The number of likely N-dealkylation sites (tertiary alicyclic amines) is 1. The van der Waals surface area contributed by atoms with E-state index in [9.17, 15) is 4.79 Å². The molecule has 0 radical (unpaired) electrons. The van der Waals surface area contributed by atoms with Crippen LogP contribution in [-0.2, 0) is 4.79 Å². The fraction of sp³-hybridized carbons (Fsp3) is 0.900. The highest BCUT2D eigenvalue weighted by Gasteiger charge is 2.23. The first-order valence-corrected chi connectivity index (χ1v) is 5.08. The minimum atomic E-state index is 0. The van der Waals surface area contributed by atoms with Gasteiger partial charge in [-0.15, -0.1) is 0 Å². The van der Waals surface area contributed by atoms with E-state index in [-0.39, 0.29) is 19.3 Å². The highest BCUT2D eigenvalue weighted by atomic mass is 16.1. The van der Waals surface area contributed by atoms with Crippen LogP contribution in [0.5, 0.6) is 0 Å². The second-order valence-corrected chi connectivity index (χ2v) is 4.24. The van der Waals surface area contributed by atoms with Gasteiger partial charge in [-0.25, -0.2) is 0 Å². The molecule has 1 aliphatic rings. The summed E-state index contributed by atoms with van der Waals surface area (Å²) in [5.41, 5.74) is 0. The Labute approximate surface area is 82.0 Å². The molecule has 0 unspecified atom stereocenters. The number of rotatable bonds is 2. The van der Waals surface area contributed by atoms with Crippen molar-refractivity contribution in [2.24, 2.45) is 5.92 Å². The van der Waals surface area contributed by atoms with Crippen LogP contribution >= 0.6 is 0 Å². The number of nitrogens with zero attached hydrogens (tertiary/aromatic N) is 1. The van der Waals surface area contributed by atoms with Crippen LogP contribution in [0.25, 0.3) is 0 Å². The van der Waals surface area contributed by atoms with Crippen LogP contribution in [0.2, 0.25) is 0 Å². The largest absolute Gasteiger partial charge is 0.354 e. The van der Waals surface area contributed by atoms with Crippen LogP contribution in [0.1, 0.15) is 28.1 Å². The van der Waals surface area contributed by atoms with Crippen molar-refractivity contribution >= 4 is 5.91 Å². The van der Waals surface area contributed by atoms with Gasteiger partial charge < -0.3 is 10.2 Å². The van der Waals surface area contributed by atoms with Crippen LogP contribution in [0.3, 0.4) is 0 Å². The molecule has 0 atom stereocenters. The van der Waals surface area contributed by atoms with E-state index in [2.05, 4.69) is 17.3 Å². The van der Waals surface area contributed by atoms with E-state index in [1.165, 1.54) is 0 Å². The van der Waals surface area contributed by atoms with Crippen LogP contribution in [0.15, 0.2) is 0 Å². The molecule has 1 saturated heterocycles. The molecule has 1 aliphatic heterocycles. The lowest BCUT2D eigenvalue weighted by Gasteiger charge is -2.28. The first-order valence-electron chi connectivity index (χ1n) is 5.08. The summed E-state index contributed by atoms with van der Waals surface area (Å²) in [6.45, 7) is 6.12. The summed E-state index contributed by atoms with van der Waals surface area (Å²) in [5.74, 6) is 0.488. The second-order valence-electron chi connectivity index (χ2n) is 4.24. The third-order valence-corrected chi connectivity index (χ3v) is 2.52. The number of carbonyl (C=O) groups is 1. The Morgan fingerprint density at radius 1 is 1.46 bits per heavy atom. The predicted octanol–water partition coefficient (Wildman–Crippen LogP) is 1.10. The molecule has 1 rings (SSSR count). The minimum absolute atomic E-state index is 0. The molecule has 1 amide bonds. The Hall–Kier alpha value is -0.570. The van der Waals surface area contributed by atoms with Gasteiger partial charge in [0.2, 0.25) is 5.91 Å². The molecule has 3 nitrogen and oxygen atoms in total. The number of piperidine rings is 1. The average molecular weight is 186 g/mol. The molecule has 0 saturated carbocycles. The van der Waals surface area contributed by atoms with E-state index in [0.29, 0.717) is 0 Å². The third kappa shape index (κ3) is 3.35. The highest BCUT2D eigenvalue weighted by molar-refractivity contribution is 5.78. The van der Waals surface area contributed by atoms with Gasteiger partial charge in [-0.1, -0.05) is 0 Å². The first-order chi connectivity index (χ1) is 6.09. The van der Waals surface area contributed by atoms with E-state index >= 15 is 0 Å². The molecule has 13 heavy (non-hydrogen) atoms. The van der Waals surface area contributed by atoms with Crippen molar-refractivity contribution in [3.8, 4) is 0 Å². The minimum Gasteiger partial charge on any atom is -0.354 e. The summed E-state index contributed by atoms with van der Waals surface area (Å²) in [4.78, 5) is 13.9. The summed E-state index contributed by atoms with van der Waals surface area (Å²) in [5, 5.41) is 2.97. The molecule has 3 heteroatoms. The second kappa shape index (κ2) is 4.61. The van der Waals surface area contributed by atoms with Gasteiger partial charge in [0.15, 0.2) is 0 Å². The van der Waals surface area contributed by atoms with E-state index < -0.39 is 0 Å². The quantitative estimate of drug-likeness (QED) is 0.700. The standard InChI is InChI=1S/C10H20N2O.H2/c1-8(2)11-10(13)9-4-6-12(3)7-5-9;/h8-9H,4-7H2,1-3H3,(H,11,13);1H. The Bertz CT molecular complexity index is 177. The lowest BCUT2D eigenvalue weighted by molar-refractivity contribution is -0.126. The maximum Gasteiger partial charge on any atom is 0.223 e. The van der Waals surface area contributed by atoms with Gasteiger partial charge in [0, 0.05) is 13.4 Å². The molecule has 0 spiro atoms. The fourth-order valence-electron chi connectivity index (χ4n) is 1.67. The highest BCUT2D eigenvalue weighted by Crippen LogP contribution is 2.15. The van der Waals surface area contributed by atoms with E-state index in [1.807, 2.05) is 13.8 Å². The monoisotopic (exact) mass is 186 g/mol. The zero-order valence-corrected chi connectivity index (χ0v) is 8.84. The van der Waals surface area contributed by atoms with Crippen molar-refractivity contribution in [3.05, 3.63) is 0 Å². The molecular formula is C10H22N2O. The lowest BCUT2D eigenvalue weighted by atomic mass is 9.96. The van der Waals surface area contributed by atoms with Crippen molar-refractivity contribution in [3.63, 3.8) is 0 Å². The number of hydrogen-bond donors (Lipinski definition) is 1. The van der Waals surface area contributed by atoms with Crippen molar-refractivity contribution in [2.75, 3.05) is 20.1 Å². The maximum absolute atomic E-state index is 11.6. The molecule has 0 aromatic carbocycles. The molecule has 0 aliphatic carbocycles. The topological polar surface area (TPSA) is 32.3 Å². The summed E-state index contributed by atoms with van der Waals surface area (Å²) in [6.07, 6.45) is 2.02. The van der Waals surface area contributed by atoms with Gasteiger partial charge in [-0.05, 0) is 46.8 Å². The smallest absolute Gasteiger partial charge is 0.223 e. The predicted molar refractivity (Wildman–Crippen MR) is 55.6 cm³/mol. The Balaban J connectivity index is 0.00000169. The Kier molecular flexibility index (Phi) is 3.72. The van der Waals surface area contributed by atoms with Crippen LogP contribution in [0, 0.1) is 5.92 Å². The van der Waals surface area contributed by atoms with E-state index in [0.717, 1.165) is 25.9 Å². The molecule has 1 heterocycles. The SMILES string of the molecule is CC(C)NC(=O)C1CCN(C)CC1.[HH]. The maximum atomic E-state index is 11.6.